The second kappa shape index (κ2) is 58.8. The van der Waals surface area contributed by atoms with E-state index in [4.69, 9.17) is 14.2 Å². The highest BCUT2D eigenvalue weighted by molar-refractivity contribution is 5.71. The van der Waals surface area contributed by atoms with Gasteiger partial charge in [0.15, 0.2) is 6.10 Å². The van der Waals surface area contributed by atoms with Gasteiger partial charge in [0.1, 0.15) is 13.2 Å². The van der Waals surface area contributed by atoms with Crippen LogP contribution in [-0.2, 0) is 28.6 Å². The van der Waals surface area contributed by atoms with Gasteiger partial charge in [0.2, 0.25) is 0 Å². The maximum Gasteiger partial charge on any atom is 0.306 e. The topological polar surface area (TPSA) is 78.9 Å². The third-order valence-corrected chi connectivity index (χ3v) is 10.8. The van der Waals surface area contributed by atoms with Gasteiger partial charge >= 0.3 is 17.9 Å². The van der Waals surface area contributed by atoms with Gasteiger partial charge in [-0.05, 0) is 116 Å². The lowest BCUT2D eigenvalue weighted by atomic mass is 10.1. The molecule has 0 heterocycles. The predicted molar refractivity (Wildman–Crippen MR) is 315 cm³/mol. The van der Waals surface area contributed by atoms with E-state index >= 15 is 0 Å². The monoisotopic (exact) mass is 999 g/mol. The number of rotatable bonds is 47. The minimum atomic E-state index is -0.849. The first-order valence-electron chi connectivity index (χ1n) is 28.0. The molecule has 6 nitrogen and oxygen atoms in total. The fourth-order valence-electron chi connectivity index (χ4n) is 6.67. The number of hydrogen-bond donors (Lipinski definition) is 0. The molecule has 0 saturated carbocycles. The van der Waals surface area contributed by atoms with Gasteiger partial charge in [-0.25, -0.2) is 0 Å². The number of allylic oxidation sites excluding steroid dienone is 32. The number of esters is 3. The highest BCUT2D eigenvalue weighted by Crippen LogP contribution is 2.12. The predicted octanol–water partition coefficient (Wildman–Crippen LogP) is 19.1. The van der Waals surface area contributed by atoms with Crippen molar-refractivity contribution < 1.29 is 28.6 Å². The van der Waals surface area contributed by atoms with Gasteiger partial charge in [-0.15, -0.1) is 0 Å². The highest BCUT2D eigenvalue weighted by Gasteiger charge is 2.19. The summed E-state index contributed by atoms with van der Waals surface area (Å²) in [6.07, 6.45) is 89.9. The first kappa shape index (κ1) is 67.2. The zero-order valence-corrected chi connectivity index (χ0v) is 45.8. The zero-order chi connectivity index (χ0) is 52.9. The Morgan fingerprint density at radius 1 is 0.288 bits per heavy atom. The molecule has 0 bridgehead atoms. The van der Waals surface area contributed by atoms with E-state index in [1.54, 1.807) is 0 Å². The molecule has 1 atom stereocenters. The molecular weight excluding hydrogens is 901 g/mol. The first-order chi connectivity index (χ1) is 36.0. The molecule has 0 aromatic heterocycles. The summed E-state index contributed by atoms with van der Waals surface area (Å²) in [5, 5.41) is 0. The zero-order valence-electron chi connectivity index (χ0n) is 45.8. The second-order valence-corrected chi connectivity index (χ2v) is 17.5. The SMILES string of the molecule is CC\C=C/C=C\C=C/C=C\C=C\C=C/CCCCCC(=O)OCC(COC(=O)CC/C=C\C/C=C\C/C=C\C/C=C\C/C=C\C/C=C\CC)OC(=O)CCCCCCCC/C=C\C/C=C\C/C=C\C/C=C\CC. The molecule has 0 amide bonds. The summed E-state index contributed by atoms with van der Waals surface area (Å²) in [6, 6.07) is 0. The van der Waals surface area contributed by atoms with Crippen LogP contribution in [0.5, 0.6) is 0 Å². The van der Waals surface area contributed by atoms with Crippen molar-refractivity contribution in [2.24, 2.45) is 0 Å². The van der Waals surface area contributed by atoms with Crippen molar-refractivity contribution in [2.75, 3.05) is 13.2 Å². The van der Waals surface area contributed by atoms with Crippen LogP contribution in [0.15, 0.2) is 194 Å². The van der Waals surface area contributed by atoms with Crippen molar-refractivity contribution in [3.63, 3.8) is 0 Å². The quantitative estimate of drug-likeness (QED) is 0.0199. The Morgan fingerprint density at radius 3 is 1.03 bits per heavy atom. The Balaban J connectivity index is 4.67. The largest absolute Gasteiger partial charge is 0.462 e. The molecule has 6 heteroatoms. The number of ether oxygens (including phenoxy) is 3. The van der Waals surface area contributed by atoms with Crippen molar-refractivity contribution in [2.45, 2.75) is 194 Å². The minimum Gasteiger partial charge on any atom is -0.462 e. The molecule has 0 aliphatic heterocycles. The molecule has 0 aliphatic rings. The van der Waals surface area contributed by atoms with E-state index < -0.39 is 6.10 Å². The van der Waals surface area contributed by atoms with E-state index in [0.29, 0.717) is 12.8 Å². The van der Waals surface area contributed by atoms with Crippen LogP contribution in [0, 0.1) is 0 Å². The third-order valence-electron chi connectivity index (χ3n) is 10.8. The minimum absolute atomic E-state index is 0.142. The summed E-state index contributed by atoms with van der Waals surface area (Å²) >= 11 is 0. The van der Waals surface area contributed by atoms with Crippen LogP contribution in [0.4, 0.5) is 0 Å². The van der Waals surface area contributed by atoms with Crippen LogP contribution in [0.2, 0.25) is 0 Å². The average Bonchev–Trinajstić information content (AvgIpc) is 3.39. The van der Waals surface area contributed by atoms with Crippen molar-refractivity contribution in [1.82, 2.24) is 0 Å². The Kier molecular flexibility index (Phi) is 54.2. The lowest BCUT2D eigenvalue weighted by Gasteiger charge is -2.18. The van der Waals surface area contributed by atoms with Crippen LogP contribution in [0.25, 0.3) is 0 Å². The van der Waals surface area contributed by atoms with Gasteiger partial charge in [0.25, 0.3) is 0 Å². The van der Waals surface area contributed by atoms with E-state index in [2.05, 4.69) is 142 Å². The molecule has 0 N–H and O–H groups in total. The van der Waals surface area contributed by atoms with Gasteiger partial charge in [-0.2, -0.15) is 0 Å². The number of carbonyl (C=O) groups excluding carboxylic acids is 3. The van der Waals surface area contributed by atoms with Crippen molar-refractivity contribution in [3.05, 3.63) is 194 Å². The van der Waals surface area contributed by atoms with E-state index in [-0.39, 0.29) is 50.4 Å². The molecule has 0 aromatic carbocycles. The molecule has 0 saturated heterocycles. The van der Waals surface area contributed by atoms with E-state index in [1.807, 2.05) is 72.9 Å². The molecule has 0 rings (SSSR count). The van der Waals surface area contributed by atoms with E-state index in [0.717, 1.165) is 122 Å². The summed E-state index contributed by atoms with van der Waals surface area (Å²) in [4.78, 5) is 38.1. The molecule has 0 aromatic rings. The Bertz CT molecular complexity index is 1810. The average molecular weight is 1000 g/mol. The Hall–Kier alpha value is -5.75. The number of carbonyl (C=O) groups is 3. The van der Waals surface area contributed by atoms with Crippen LogP contribution in [-0.4, -0.2) is 37.2 Å². The van der Waals surface area contributed by atoms with Gasteiger partial charge in [0.05, 0.1) is 0 Å². The summed E-state index contributed by atoms with van der Waals surface area (Å²) in [6.45, 7) is 6.12. The fourth-order valence-corrected chi connectivity index (χ4v) is 6.67. The Labute approximate surface area is 446 Å². The first-order valence-corrected chi connectivity index (χ1v) is 28.0. The van der Waals surface area contributed by atoms with E-state index in [9.17, 15) is 14.4 Å². The highest BCUT2D eigenvalue weighted by atomic mass is 16.6. The Morgan fingerprint density at radius 2 is 0.589 bits per heavy atom. The summed E-state index contributed by atoms with van der Waals surface area (Å²) in [5.41, 5.74) is 0. The van der Waals surface area contributed by atoms with Crippen LogP contribution in [0.3, 0.4) is 0 Å². The molecule has 0 radical (unpaired) electrons. The molecule has 1 unspecified atom stereocenters. The lowest BCUT2D eigenvalue weighted by molar-refractivity contribution is -0.166. The van der Waals surface area contributed by atoms with Crippen molar-refractivity contribution in [3.8, 4) is 0 Å². The maximum absolute atomic E-state index is 12.9. The second-order valence-electron chi connectivity index (χ2n) is 17.5. The smallest absolute Gasteiger partial charge is 0.306 e. The molecule has 0 fully saturated rings. The number of unbranched alkanes of at least 4 members (excludes halogenated alkanes) is 9. The standard InChI is InChI=1S/C67H98O6/c1-4-7-10-13-16-19-22-25-28-31-33-36-39-42-45-48-51-54-57-60-66(69)72-63-64(62-71-65(68)59-56-53-50-47-44-41-38-35-30-27-24-21-18-15-12-9-6-3)73-67(70)61-58-55-52-49-46-43-40-37-34-32-29-26-23-20-17-14-11-8-5-2/h7-12,15-21,24-30,33-38,41-42,44-45,51,54,64H,4-6,13-14,22-23,31-32,39-40,43,46-50,52-53,55-63H2,1-3H3/b10-7-,11-8-,12-9-,18-15-,19-16-,20-17-,24-21-,28-25-,29-26-,30-27-,36-33-,37-34-,38-35+,44-41-,45-42-,54-51-. The normalized spacial score (nSPS) is 13.6. The molecule has 0 spiro atoms. The molecule has 73 heavy (non-hydrogen) atoms. The van der Waals surface area contributed by atoms with Crippen LogP contribution < -0.4 is 0 Å². The molecule has 402 valence electrons. The summed E-state index contributed by atoms with van der Waals surface area (Å²) in [5.74, 6) is -1.10. The number of hydrogen-bond acceptors (Lipinski definition) is 6. The van der Waals surface area contributed by atoms with Gasteiger partial charge in [-0.3, -0.25) is 14.4 Å². The fraction of sp³-hybridized carbons (Fsp3) is 0.478. The maximum atomic E-state index is 12.9. The van der Waals surface area contributed by atoms with Crippen LogP contribution in [0.1, 0.15) is 188 Å². The summed E-state index contributed by atoms with van der Waals surface area (Å²) in [7, 11) is 0. The van der Waals surface area contributed by atoms with Crippen molar-refractivity contribution in [1.29, 1.82) is 0 Å². The van der Waals surface area contributed by atoms with Gasteiger partial charge < -0.3 is 14.2 Å². The lowest BCUT2D eigenvalue weighted by Crippen LogP contribution is -2.30. The van der Waals surface area contributed by atoms with Crippen LogP contribution >= 0.6 is 0 Å². The summed E-state index contributed by atoms with van der Waals surface area (Å²) < 4.78 is 16.7. The third kappa shape index (κ3) is 57.0. The van der Waals surface area contributed by atoms with Gasteiger partial charge in [0, 0.05) is 19.3 Å². The van der Waals surface area contributed by atoms with E-state index in [1.165, 1.54) is 12.8 Å². The molecule has 0 aliphatic carbocycles. The molecular formula is C67H98O6. The van der Waals surface area contributed by atoms with Gasteiger partial charge in [-0.1, -0.05) is 247 Å². The van der Waals surface area contributed by atoms with Crippen molar-refractivity contribution >= 4 is 17.9 Å².